The van der Waals surface area contributed by atoms with E-state index in [9.17, 15) is 0 Å². The molecule has 0 radical (unpaired) electrons. The summed E-state index contributed by atoms with van der Waals surface area (Å²) < 4.78 is 9.97. The van der Waals surface area contributed by atoms with Crippen molar-refractivity contribution in [3.63, 3.8) is 0 Å². The first kappa shape index (κ1) is 16.4. The number of nitrogens with zero attached hydrogens (tertiary/aromatic N) is 2. The second-order valence-electron chi connectivity index (χ2n) is 5.93. The molecule has 0 spiro atoms. The van der Waals surface area contributed by atoms with Gasteiger partial charge in [0.25, 0.3) is 0 Å². The zero-order valence-electron chi connectivity index (χ0n) is 13.5. The molecular formula is C17H24N4OS. The molecular weight excluding hydrogens is 308 g/mol. The van der Waals surface area contributed by atoms with E-state index in [1.165, 1.54) is 17.1 Å². The van der Waals surface area contributed by atoms with Gasteiger partial charge in [0, 0.05) is 43.3 Å². The molecule has 1 aliphatic heterocycles. The minimum atomic E-state index is 0.304. The molecule has 1 atom stereocenters. The lowest BCUT2D eigenvalue weighted by molar-refractivity contribution is 0.0838. The minimum Gasteiger partial charge on any atom is -0.381 e. The van der Waals surface area contributed by atoms with Gasteiger partial charge in [-0.3, -0.25) is 0 Å². The van der Waals surface area contributed by atoms with Gasteiger partial charge in [-0.1, -0.05) is 30.3 Å². The summed E-state index contributed by atoms with van der Waals surface area (Å²) in [6.45, 7) is 2.53. The summed E-state index contributed by atoms with van der Waals surface area (Å²) in [5.74, 6) is 1.43. The molecule has 23 heavy (non-hydrogen) atoms. The molecule has 0 aliphatic carbocycles. The number of nitrogens with one attached hydrogen (secondary N) is 2. The molecule has 6 heteroatoms. The van der Waals surface area contributed by atoms with Crippen LogP contribution in [0.15, 0.2) is 30.3 Å². The van der Waals surface area contributed by atoms with Crippen molar-refractivity contribution in [2.24, 2.45) is 0 Å². The van der Waals surface area contributed by atoms with E-state index in [2.05, 4.69) is 45.3 Å². The van der Waals surface area contributed by atoms with E-state index >= 15 is 0 Å². The maximum atomic E-state index is 5.41. The van der Waals surface area contributed by atoms with Crippen molar-refractivity contribution < 1.29 is 4.74 Å². The van der Waals surface area contributed by atoms with Gasteiger partial charge in [0.15, 0.2) is 0 Å². The van der Waals surface area contributed by atoms with Crippen LogP contribution in [-0.2, 0) is 11.2 Å². The van der Waals surface area contributed by atoms with E-state index < -0.39 is 0 Å². The first-order valence-corrected chi connectivity index (χ1v) is 8.99. The van der Waals surface area contributed by atoms with Crippen molar-refractivity contribution in [1.29, 1.82) is 0 Å². The highest BCUT2D eigenvalue weighted by atomic mass is 32.1. The van der Waals surface area contributed by atoms with Gasteiger partial charge in [-0.05, 0) is 31.9 Å². The number of aromatic nitrogens is 2. The molecule has 0 bridgehead atoms. The lowest BCUT2D eigenvalue weighted by Crippen LogP contribution is -2.33. The summed E-state index contributed by atoms with van der Waals surface area (Å²) >= 11 is 1.47. The molecule has 5 nitrogen and oxygen atoms in total. The fourth-order valence-electron chi connectivity index (χ4n) is 2.91. The molecule has 0 saturated carbocycles. The Morgan fingerprint density at radius 1 is 1.26 bits per heavy atom. The molecule has 1 aromatic carbocycles. The molecule has 3 rings (SSSR count). The van der Waals surface area contributed by atoms with Crippen LogP contribution in [0.25, 0.3) is 0 Å². The molecule has 2 N–H and O–H groups in total. The average Bonchev–Trinajstić information content (AvgIpc) is 3.05. The van der Waals surface area contributed by atoms with Gasteiger partial charge in [0.2, 0.25) is 5.13 Å². The summed E-state index contributed by atoms with van der Waals surface area (Å²) in [5.41, 5.74) is 1.33. The molecule has 2 aromatic rings. The second kappa shape index (κ2) is 8.38. The first-order chi connectivity index (χ1) is 11.3. The Labute approximate surface area is 141 Å². The van der Waals surface area contributed by atoms with Crippen LogP contribution in [0.4, 0.5) is 5.13 Å². The quantitative estimate of drug-likeness (QED) is 0.816. The molecule has 1 aliphatic rings. The number of likely N-dealkylation sites (N-methyl/N-ethyl adjacent to an activating group) is 1. The summed E-state index contributed by atoms with van der Waals surface area (Å²) in [6.07, 6.45) is 3.02. The largest absolute Gasteiger partial charge is 0.381 e. The number of hydrogen-bond acceptors (Lipinski definition) is 6. The van der Waals surface area contributed by atoms with Gasteiger partial charge in [0.05, 0.1) is 0 Å². The van der Waals surface area contributed by atoms with Gasteiger partial charge in [-0.2, -0.15) is 4.37 Å². The van der Waals surface area contributed by atoms with Crippen LogP contribution >= 0.6 is 11.5 Å². The van der Waals surface area contributed by atoms with Crippen LogP contribution in [0.2, 0.25) is 0 Å². The predicted octanol–water partition coefficient (Wildman–Crippen LogP) is 2.67. The van der Waals surface area contributed by atoms with Crippen molar-refractivity contribution in [3.8, 4) is 0 Å². The summed E-state index contributed by atoms with van der Waals surface area (Å²) in [7, 11) is 1.98. The Hall–Kier alpha value is -1.50. The number of ether oxygens (including phenoxy) is 1. The van der Waals surface area contributed by atoms with Gasteiger partial charge in [0.1, 0.15) is 5.82 Å². The zero-order valence-corrected chi connectivity index (χ0v) is 14.3. The van der Waals surface area contributed by atoms with E-state index in [1.807, 2.05) is 7.05 Å². The average molecular weight is 332 g/mol. The highest BCUT2D eigenvalue weighted by Crippen LogP contribution is 2.27. The third-order valence-electron chi connectivity index (χ3n) is 4.13. The van der Waals surface area contributed by atoms with Crippen LogP contribution in [0.5, 0.6) is 0 Å². The van der Waals surface area contributed by atoms with Crippen LogP contribution in [0.3, 0.4) is 0 Å². The lowest BCUT2D eigenvalue weighted by atomic mass is 10.00. The number of anilines is 1. The fourth-order valence-corrected chi connectivity index (χ4v) is 3.63. The van der Waals surface area contributed by atoms with Gasteiger partial charge < -0.3 is 15.4 Å². The highest BCUT2D eigenvalue weighted by molar-refractivity contribution is 7.09. The van der Waals surface area contributed by atoms with E-state index in [4.69, 9.17) is 9.72 Å². The van der Waals surface area contributed by atoms with Crippen LogP contribution in [0.1, 0.15) is 30.1 Å². The molecule has 124 valence electrons. The molecule has 1 aromatic heterocycles. The van der Waals surface area contributed by atoms with Gasteiger partial charge in [-0.15, -0.1) is 0 Å². The van der Waals surface area contributed by atoms with Crippen LogP contribution < -0.4 is 10.6 Å². The third-order valence-corrected chi connectivity index (χ3v) is 4.79. The standard InChI is InChI=1S/C17H24N4OS/c1-18-12-15(11-13-5-3-2-4-6-13)19-17-20-16(21-23-17)14-7-9-22-10-8-14/h2-6,14-15,18H,7-12H2,1H3,(H,19,20,21). The Bertz CT molecular complexity index is 583. The van der Waals surface area contributed by atoms with E-state index in [1.54, 1.807) is 0 Å². The first-order valence-electron chi connectivity index (χ1n) is 8.21. The van der Waals surface area contributed by atoms with Crippen molar-refractivity contribution in [1.82, 2.24) is 14.7 Å². The summed E-state index contributed by atoms with van der Waals surface area (Å²) in [4.78, 5) is 4.71. The monoisotopic (exact) mass is 332 g/mol. The molecule has 2 heterocycles. The maximum absolute atomic E-state index is 5.41. The topological polar surface area (TPSA) is 59.1 Å². The summed E-state index contributed by atoms with van der Waals surface area (Å²) in [5, 5.41) is 7.71. The third kappa shape index (κ3) is 4.73. The Kier molecular flexibility index (Phi) is 5.96. The lowest BCUT2D eigenvalue weighted by Gasteiger charge is -2.19. The second-order valence-corrected chi connectivity index (χ2v) is 6.68. The Balaban J connectivity index is 1.62. The minimum absolute atomic E-state index is 0.304. The number of rotatable bonds is 7. The van der Waals surface area contributed by atoms with E-state index in [-0.39, 0.29) is 0 Å². The molecule has 1 unspecified atom stereocenters. The van der Waals surface area contributed by atoms with Crippen molar-refractivity contribution in [2.45, 2.75) is 31.2 Å². The molecule has 1 saturated heterocycles. The Morgan fingerprint density at radius 3 is 2.78 bits per heavy atom. The van der Waals surface area contributed by atoms with Gasteiger partial charge in [-0.25, -0.2) is 4.98 Å². The van der Waals surface area contributed by atoms with Crippen molar-refractivity contribution in [3.05, 3.63) is 41.7 Å². The maximum Gasteiger partial charge on any atom is 0.202 e. The molecule has 0 amide bonds. The van der Waals surface area contributed by atoms with E-state index in [0.29, 0.717) is 12.0 Å². The van der Waals surface area contributed by atoms with Crippen LogP contribution in [-0.4, -0.2) is 42.2 Å². The predicted molar refractivity (Wildman–Crippen MR) is 94.2 cm³/mol. The number of hydrogen-bond donors (Lipinski definition) is 2. The zero-order chi connectivity index (χ0) is 15.9. The van der Waals surface area contributed by atoms with Crippen molar-refractivity contribution in [2.75, 3.05) is 32.1 Å². The molecule has 1 fully saturated rings. The van der Waals surface area contributed by atoms with Crippen LogP contribution in [0, 0.1) is 0 Å². The summed E-state index contributed by atoms with van der Waals surface area (Å²) in [6, 6.07) is 10.8. The Morgan fingerprint density at radius 2 is 2.04 bits per heavy atom. The highest BCUT2D eigenvalue weighted by Gasteiger charge is 2.21. The number of benzene rings is 1. The normalized spacial score (nSPS) is 17.1. The smallest absolute Gasteiger partial charge is 0.202 e. The van der Waals surface area contributed by atoms with E-state index in [0.717, 1.165) is 50.0 Å². The van der Waals surface area contributed by atoms with Gasteiger partial charge >= 0.3 is 0 Å². The SMILES string of the molecule is CNCC(Cc1ccccc1)Nc1nc(C2CCOCC2)ns1. The fraction of sp³-hybridized carbons (Fsp3) is 0.529. The van der Waals surface area contributed by atoms with Crippen molar-refractivity contribution >= 4 is 16.7 Å².